The molecular weight excluding hydrogens is 441 g/mol. The molecule has 10 heteroatoms. The minimum atomic E-state index is -4.36. The van der Waals surface area contributed by atoms with Gasteiger partial charge in [0.15, 0.2) is 11.6 Å². The summed E-state index contributed by atoms with van der Waals surface area (Å²) in [5, 5.41) is 2.55. The van der Waals surface area contributed by atoms with Crippen LogP contribution in [-0.4, -0.2) is 26.4 Å². The fourth-order valence-corrected chi connectivity index (χ4v) is 4.51. The number of furan rings is 1. The molecule has 32 heavy (non-hydrogen) atoms. The highest BCUT2D eigenvalue weighted by Crippen LogP contribution is 2.32. The Hall–Kier alpha value is -3.24. The summed E-state index contributed by atoms with van der Waals surface area (Å²) < 4.78 is 43.6. The molecule has 3 aromatic heterocycles. The standard InChI is InChI=1S/C22H17F3N4O2S/c23-22(24,25)14-5-3-13(4-6-14)21-26-15(12-32-21)10-29-8-7-17-16(11-29)20(30)28-19(27-17)18-2-1-9-31-18/h1-6,9,12H,7-8,10-11H2,(H,27,28,30). The second-order valence-corrected chi connectivity index (χ2v) is 8.35. The predicted molar refractivity (Wildman–Crippen MR) is 113 cm³/mol. The van der Waals surface area contributed by atoms with Crippen molar-refractivity contribution in [3.8, 4) is 22.2 Å². The van der Waals surface area contributed by atoms with E-state index in [1.807, 2.05) is 5.38 Å². The van der Waals surface area contributed by atoms with E-state index in [9.17, 15) is 18.0 Å². The van der Waals surface area contributed by atoms with Crippen LogP contribution in [0.15, 0.2) is 57.3 Å². The molecule has 0 saturated carbocycles. The van der Waals surface area contributed by atoms with Crippen molar-refractivity contribution < 1.29 is 17.6 Å². The third-order valence-electron chi connectivity index (χ3n) is 5.30. The molecule has 0 unspecified atom stereocenters. The summed E-state index contributed by atoms with van der Waals surface area (Å²) in [7, 11) is 0. The molecular formula is C22H17F3N4O2S. The van der Waals surface area contributed by atoms with Crippen LogP contribution in [-0.2, 0) is 25.7 Å². The Morgan fingerprint density at radius 3 is 2.69 bits per heavy atom. The number of alkyl halides is 3. The van der Waals surface area contributed by atoms with Crippen LogP contribution >= 0.6 is 11.3 Å². The van der Waals surface area contributed by atoms with Crippen molar-refractivity contribution in [1.82, 2.24) is 19.9 Å². The molecule has 0 radical (unpaired) electrons. The van der Waals surface area contributed by atoms with Gasteiger partial charge >= 0.3 is 6.18 Å². The summed E-state index contributed by atoms with van der Waals surface area (Å²) in [6, 6.07) is 8.48. The fourth-order valence-electron chi connectivity index (χ4n) is 3.69. The molecule has 0 fully saturated rings. The summed E-state index contributed by atoms with van der Waals surface area (Å²) >= 11 is 1.38. The molecule has 0 spiro atoms. The number of H-pyrrole nitrogens is 1. The minimum Gasteiger partial charge on any atom is -0.461 e. The van der Waals surface area contributed by atoms with E-state index in [0.717, 1.165) is 23.5 Å². The monoisotopic (exact) mass is 458 g/mol. The average molecular weight is 458 g/mol. The van der Waals surface area contributed by atoms with Crippen LogP contribution in [0.5, 0.6) is 0 Å². The highest BCUT2D eigenvalue weighted by atomic mass is 32.1. The van der Waals surface area contributed by atoms with Crippen molar-refractivity contribution >= 4 is 11.3 Å². The van der Waals surface area contributed by atoms with Gasteiger partial charge in [-0.1, -0.05) is 12.1 Å². The number of rotatable bonds is 4. The first kappa shape index (κ1) is 20.7. The lowest BCUT2D eigenvalue weighted by Gasteiger charge is -2.26. The first-order valence-electron chi connectivity index (χ1n) is 9.87. The minimum absolute atomic E-state index is 0.185. The van der Waals surface area contributed by atoms with Gasteiger partial charge in [-0.3, -0.25) is 9.69 Å². The van der Waals surface area contributed by atoms with Gasteiger partial charge in [0, 0.05) is 37.0 Å². The number of fused-ring (bicyclic) bond motifs is 1. The molecule has 4 aromatic rings. The van der Waals surface area contributed by atoms with E-state index in [1.165, 1.54) is 29.7 Å². The van der Waals surface area contributed by atoms with Crippen molar-refractivity contribution in [2.45, 2.75) is 25.7 Å². The number of nitrogens with zero attached hydrogens (tertiary/aromatic N) is 3. The first-order chi connectivity index (χ1) is 15.4. The predicted octanol–water partition coefficient (Wildman–Crippen LogP) is 4.73. The summed E-state index contributed by atoms with van der Waals surface area (Å²) in [6.45, 7) is 1.70. The van der Waals surface area contributed by atoms with E-state index in [4.69, 9.17) is 4.42 Å². The van der Waals surface area contributed by atoms with Crippen molar-refractivity contribution in [1.29, 1.82) is 0 Å². The molecule has 5 rings (SSSR count). The number of aromatic nitrogens is 3. The Morgan fingerprint density at radius 1 is 1.16 bits per heavy atom. The van der Waals surface area contributed by atoms with Crippen molar-refractivity contribution in [2.24, 2.45) is 0 Å². The van der Waals surface area contributed by atoms with Gasteiger partial charge in [-0.15, -0.1) is 11.3 Å². The van der Waals surface area contributed by atoms with E-state index in [2.05, 4.69) is 19.9 Å². The Kier molecular flexibility index (Phi) is 5.18. The number of benzene rings is 1. The molecule has 0 aliphatic carbocycles. The molecule has 4 heterocycles. The zero-order valence-electron chi connectivity index (χ0n) is 16.6. The van der Waals surface area contributed by atoms with E-state index >= 15 is 0 Å². The van der Waals surface area contributed by atoms with Crippen LogP contribution in [0.2, 0.25) is 0 Å². The zero-order valence-corrected chi connectivity index (χ0v) is 17.5. The number of hydrogen-bond donors (Lipinski definition) is 1. The number of nitrogens with one attached hydrogen (secondary N) is 1. The van der Waals surface area contributed by atoms with E-state index < -0.39 is 11.7 Å². The Labute approximate surface area is 184 Å². The quantitative estimate of drug-likeness (QED) is 0.479. The molecule has 1 N–H and O–H groups in total. The second-order valence-electron chi connectivity index (χ2n) is 7.50. The van der Waals surface area contributed by atoms with Crippen LogP contribution in [0, 0.1) is 0 Å². The number of halogens is 3. The van der Waals surface area contributed by atoms with Gasteiger partial charge in [0.25, 0.3) is 5.56 Å². The maximum atomic E-state index is 12.8. The molecule has 1 aromatic carbocycles. The zero-order chi connectivity index (χ0) is 22.3. The van der Waals surface area contributed by atoms with Crippen LogP contribution < -0.4 is 5.56 Å². The lowest BCUT2D eigenvalue weighted by molar-refractivity contribution is -0.137. The first-order valence-corrected chi connectivity index (χ1v) is 10.7. The molecule has 0 bridgehead atoms. The maximum absolute atomic E-state index is 12.8. The summed E-state index contributed by atoms with van der Waals surface area (Å²) in [6.07, 6.45) is -2.20. The van der Waals surface area contributed by atoms with Crippen LogP contribution in [0.4, 0.5) is 13.2 Å². The van der Waals surface area contributed by atoms with Crippen LogP contribution in [0.25, 0.3) is 22.2 Å². The lowest BCUT2D eigenvalue weighted by Crippen LogP contribution is -2.35. The molecule has 1 aliphatic heterocycles. The normalized spacial score (nSPS) is 14.5. The average Bonchev–Trinajstić information content (AvgIpc) is 3.46. The molecule has 6 nitrogen and oxygen atoms in total. The Balaban J connectivity index is 1.30. The van der Waals surface area contributed by atoms with Gasteiger partial charge in [-0.2, -0.15) is 13.2 Å². The van der Waals surface area contributed by atoms with Crippen LogP contribution in [0.3, 0.4) is 0 Å². The highest BCUT2D eigenvalue weighted by Gasteiger charge is 2.30. The van der Waals surface area contributed by atoms with E-state index in [1.54, 1.807) is 12.1 Å². The third-order valence-corrected chi connectivity index (χ3v) is 6.24. The smallest absolute Gasteiger partial charge is 0.416 e. The van der Waals surface area contributed by atoms with Crippen LogP contribution in [0.1, 0.15) is 22.5 Å². The largest absolute Gasteiger partial charge is 0.461 e. The molecule has 0 amide bonds. The van der Waals surface area contributed by atoms with Gasteiger partial charge < -0.3 is 9.40 Å². The Morgan fingerprint density at radius 2 is 1.97 bits per heavy atom. The fraction of sp³-hybridized carbons (Fsp3) is 0.227. The molecule has 0 saturated heterocycles. The van der Waals surface area contributed by atoms with Gasteiger partial charge in [0.1, 0.15) is 5.01 Å². The van der Waals surface area contributed by atoms with Gasteiger partial charge in [0.05, 0.1) is 28.8 Å². The number of aromatic amines is 1. The highest BCUT2D eigenvalue weighted by molar-refractivity contribution is 7.13. The lowest BCUT2D eigenvalue weighted by atomic mass is 10.1. The van der Waals surface area contributed by atoms with Gasteiger partial charge in [-0.05, 0) is 24.3 Å². The summed E-state index contributed by atoms with van der Waals surface area (Å²) in [4.78, 5) is 26.6. The SMILES string of the molecule is O=c1[nH]c(-c2ccco2)nc2c1CN(Cc1csc(-c3ccc(C(F)(F)F)cc3)n1)CC2. The van der Waals surface area contributed by atoms with Crippen molar-refractivity contribution in [2.75, 3.05) is 6.54 Å². The molecule has 1 aliphatic rings. The van der Waals surface area contributed by atoms with E-state index in [-0.39, 0.29) is 5.56 Å². The topological polar surface area (TPSA) is 75.0 Å². The number of thiazole rings is 1. The number of hydrogen-bond acceptors (Lipinski definition) is 6. The van der Waals surface area contributed by atoms with Crippen molar-refractivity contribution in [3.63, 3.8) is 0 Å². The molecule has 0 atom stereocenters. The summed E-state index contributed by atoms with van der Waals surface area (Å²) in [5.74, 6) is 0.943. The second kappa shape index (κ2) is 8.03. The van der Waals surface area contributed by atoms with E-state index in [0.29, 0.717) is 53.8 Å². The molecule has 164 valence electrons. The summed E-state index contributed by atoms with van der Waals surface area (Å²) in [5.41, 5.74) is 1.98. The maximum Gasteiger partial charge on any atom is 0.416 e. The third kappa shape index (κ3) is 4.11. The Bertz CT molecular complexity index is 1290. The van der Waals surface area contributed by atoms with Gasteiger partial charge in [-0.25, -0.2) is 9.97 Å². The van der Waals surface area contributed by atoms with Gasteiger partial charge in [0.2, 0.25) is 0 Å². The van der Waals surface area contributed by atoms with Crippen molar-refractivity contribution in [3.05, 3.63) is 80.9 Å².